The Hall–Kier alpha value is -1.22. The summed E-state index contributed by atoms with van der Waals surface area (Å²) in [7, 11) is 5.35. The zero-order chi connectivity index (χ0) is 14.3. The molecule has 0 aromatic heterocycles. The number of hydrogen-bond acceptors (Lipinski definition) is 3. The van der Waals surface area contributed by atoms with E-state index in [1.54, 1.807) is 14.2 Å². The second-order valence-electron chi connectivity index (χ2n) is 5.28. The molecule has 0 aliphatic heterocycles. The Bertz CT molecular complexity index is 377. The number of ether oxygens (including phenoxy) is 2. The molecule has 108 valence electrons. The molecule has 0 bridgehead atoms. The van der Waals surface area contributed by atoms with E-state index >= 15 is 0 Å². The van der Waals surface area contributed by atoms with Gasteiger partial charge in [0.05, 0.1) is 14.2 Å². The fourth-order valence-electron chi connectivity index (χ4n) is 2.28. The van der Waals surface area contributed by atoms with E-state index in [-0.39, 0.29) is 0 Å². The average Bonchev–Trinajstić information content (AvgIpc) is 2.42. The molecular weight excluding hydrogens is 238 g/mol. The molecule has 1 atom stereocenters. The van der Waals surface area contributed by atoms with Gasteiger partial charge in [-0.3, -0.25) is 0 Å². The van der Waals surface area contributed by atoms with Gasteiger partial charge in [0.15, 0.2) is 11.5 Å². The summed E-state index contributed by atoms with van der Waals surface area (Å²) in [6.45, 7) is 4.54. The van der Waals surface area contributed by atoms with Crippen LogP contribution in [0.5, 0.6) is 11.5 Å². The molecule has 0 saturated heterocycles. The Morgan fingerprint density at radius 1 is 1.05 bits per heavy atom. The maximum atomic E-state index is 5.36. The van der Waals surface area contributed by atoms with Crippen LogP contribution in [0.2, 0.25) is 0 Å². The number of methoxy groups -OCH3 is 2. The minimum Gasteiger partial charge on any atom is -0.493 e. The third-order valence-corrected chi connectivity index (χ3v) is 3.43. The predicted molar refractivity (Wildman–Crippen MR) is 80.0 cm³/mol. The maximum absolute atomic E-state index is 5.36. The van der Waals surface area contributed by atoms with E-state index in [9.17, 15) is 0 Å². The van der Waals surface area contributed by atoms with Crippen LogP contribution >= 0.6 is 0 Å². The van der Waals surface area contributed by atoms with Crippen molar-refractivity contribution in [2.75, 3.05) is 21.3 Å². The summed E-state index contributed by atoms with van der Waals surface area (Å²) < 4.78 is 10.6. The fourth-order valence-corrected chi connectivity index (χ4v) is 2.28. The highest BCUT2D eigenvalue weighted by Gasteiger charge is 2.12. The molecule has 0 aliphatic carbocycles. The van der Waals surface area contributed by atoms with E-state index in [1.807, 2.05) is 13.1 Å². The van der Waals surface area contributed by atoms with E-state index in [4.69, 9.17) is 9.47 Å². The number of hydrogen-bond donors (Lipinski definition) is 1. The highest BCUT2D eigenvalue weighted by atomic mass is 16.5. The van der Waals surface area contributed by atoms with Crippen molar-refractivity contribution in [1.29, 1.82) is 0 Å². The van der Waals surface area contributed by atoms with E-state index in [0.717, 1.165) is 23.8 Å². The first kappa shape index (κ1) is 15.8. The quantitative estimate of drug-likeness (QED) is 0.775. The molecule has 1 rings (SSSR count). The molecule has 0 radical (unpaired) electrons. The van der Waals surface area contributed by atoms with Crippen LogP contribution in [-0.4, -0.2) is 21.3 Å². The van der Waals surface area contributed by atoms with Crippen LogP contribution in [0, 0.1) is 5.92 Å². The normalized spacial score (nSPS) is 12.5. The number of benzene rings is 1. The van der Waals surface area contributed by atoms with Crippen molar-refractivity contribution in [1.82, 2.24) is 5.32 Å². The van der Waals surface area contributed by atoms with Crippen LogP contribution < -0.4 is 14.8 Å². The van der Waals surface area contributed by atoms with Gasteiger partial charge < -0.3 is 14.8 Å². The summed E-state index contributed by atoms with van der Waals surface area (Å²) >= 11 is 0. The summed E-state index contributed by atoms with van der Waals surface area (Å²) in [5.41, 5.74) is 1.25. The van der Waals surface area contributed by atoms with Gasteiger partial charge in [0.1, 0.15) is 0 Å². The minimum atomic E-state index is 0.374. The van der Waals surface area contributed by atoms with Gasteiger partial charge in [0.25, 0.3) is 0 Å². The van der Waals surface area contributed by atoms with Gasteiger partial charge in [-0.15, -0.1) is 0 Å². The van der Waals surface area contributed by atoms with Crippen LogP contribution in [0.25, 0.3) is 0 Å². The largest absolute Gasteiger partial charge is 0.493 e. The monoisotopic (exact) mass is 265 g/mol. The lowest BCUT2D eigenvalue weighted by Gasteiger charge is -2.19. The van der Waals surface area contributed by atoms with Crippen molar-refractivity contribution in [2.24, 2.45) is 5.92 Å². The molecule has 0 aliphatic rings. The van der Waals surface area contributed by atoms with Crippen LogP contribution in [0.4, 0.5) is 0 Å². The molecular formula is C16H27NO2. The fraction of sp³-hybridized carbons (Fsp3) is 0.625. The molecule has 3 heteroatoms. The summed E-state index contributed by atoms with van der Waals surface area (Å²) in [5.74, 6) is 2.34. The van der Waals surface area contributed by atoms with Gasteiger partial charge in [-0.2, -0.15) is 0 Å². The molecule has 0 spiro atoms. The number of rotatable bonds is 8. The Balaban J connectivity index is 2.75. The van der Waals surface area contributed by atoms with Gasteiger partial charge in [0, 0.05) is 6.04 Å². The Morgan fingerprint density at radius 2 is 1.74 bits per heavy atom. The molecule has 0 heterocycles. The molecule has 3 nitrogen and oxygen atoms in total. The third-order valence-electron chi connectivity index (χ3n) is 3.43. The van der Waals surface area contributed by atoms with Crippen LogP contribution in [0.3, 0.4) is 0 Å². The molecule has 0 amide bonds. The lowest BCUT2D eigenvalue weighted by Crippen LogP contribution is -2.16. The van der Waals surface area contributed by atoms with E-state index < -0.39 is 0 Å². The second-order valence-corrected chi connectivity index (χ2v) is 5.28. The molecule has 1 aromatic carbocycles. The first-order valence-electron chi connectivity index (χ1n) is 7.01. The van der Waals surface area contributed by atoms with Crippen molar-refractivity contribution < 1.29 is 9.47 Å². The number of nitrogens with one attached hydrogen (secondary N) is 1. The van der Waals surface area contributed by atoms with Crippen molar-refractivity contribution in [3.05, 3.63) is 23.8 Å². The third kappa shape index (κ3) is 4.75. The van der Waals surface area contributed by atoms with Crippen LogP contribution in [0.1, 0.15) is 44.7 Å². The zero-order valence-corrected chi connectivity index (χ0v) is 12.8. The smallest absolute Gasteiger partial charge is 0.161 e. The predicted octanol–water partition coefficient (Wildman–Crippen LogP) is 3.79. The first-order chi connectivity index (χ1) is 9.12. The average molecular weight is 265 g/mol. The van der Waals surface area contributed by atoms with Gasteiger partial charge in [0.2, 0.25) is 0 Å². The second kappa shape index (κ2) is 8.05. The Kier molecular flexibility index (Phi) is 6.71. The Labute approximate surface area is 117 Å². The first-order valence-corrected chi connectivity index (χ1v) is 7.01. The molecule has 19 heavy (non-hydrogen) atoms. The molecule has 1 N–H and O–H groups in total. The standard InChI is InChI=1S/C16H27NO2/c1-12(2)7-6-8-14(17-3)13-9-10-15(18-4)16(11-13)19-5/h9-12,14,17H,6-8H2,1-5H3. The van der Waals surface area contributed by atoms with Gasteiger partial charge in [-0.25, -0.2) is 0 Å². The van der Waals surface area contributed by atoms with Crippen molar-refractivity contribution in [3.63, 3.8) is 0 Å². The molecule has 0 fully saturated rings. The molecule has 0 saturated carbocycles. The topological polar surface area (TPSA) is 30.5 Å². The SMILES string of the molecule is CNC(CCCC(C)C)c1ccc(OC)c(OC)c1. The summed E-state index contributed by atoms with van der Waals surface area (Å²) in [5, 5.41) is 3.38. The zero-order valence-electron chi connectivity index (χ0n) is 12.8. The van der Waals surface area contributed by atoms with Gasteiger partial charge in [-0.1, -0.05) is 32.8 Å². The lowest BCUT2D eigenvalue weighted by atomic mass is 9.98. The van der Waals surface area contributed by atoms with E-state index in [1.165, 1.54) is 18.4 Å². The Morgan fingerprint density at radius 3 is 2.26 bits per heavy atom. The highest BCUT2D eigenvalue weighted by molar-refractivity contribution is 5.43. The minimum absolute atomic E-state index is 0.374. The van der Waals surface area contributed by atoms with Crippen LogP contribution in [0.15, 0.2) is 18.2 Å². The molecule has 1 aromatic rings. The summed E-state index contributed by atoms with van der Waals surface area (Å²) in [6, 6.07) is 6.52. The summed E-state index contributed by atoms with van der Waals surface area (Å²) in [6.07, 6.45) is 3.65. The maximum Gasteiger partial charge on any atom is 0.161 e. The van der Waals surface area contributed by atoms with Crippen molar-refractivity contribution in [3.8, 4) is 11.5 Å². The van der Waals surface area contributed by atoms with E-state index in [2.05, 4.69) is 31.3 Å². The highest BCUT2D eigenvalue weighted by Crippen LogP contribution is 2.31. The molecule has 1 unspecified atom stereocenters. The van der Waals surface area contributed by atoms with Gasteiger partial charge >= 0.3 is 0 Å². The van der Waals surface area contributed by atoms with E-state index in [0.29, 0.717) is 6.04 Å². The van der Waals surface area contributed by atoms with Crippen molar-refractivity contribution >= 4 is 0 Å². The van der Waals surface area contributed by atoms with Crippen LogP contribution in [-0.2, 0) is 0 Å². The summed E-state index contributed by atoms with van der Waals surface area (Å²) in [4.78, 5) is 0. The van der Waals surface area contributed by atoms with Gasteiger partial charge in [-0.05, 0) is 37.1 Å². The lowest BCUT2D eigenvalue weighted by molar-refractivity contribution is 0.353. The van der Waals surface area contributed by atoms with Crippen molar-refractivity contribution in [2.45, 2.75) is 39.2 Å².